The highest BCUT2D eigenvalue weighted by Crippen LogP contribution is 2.47. The van der Waals surface area contributed by atoms with Crippen molar-refractivity contribution < 1.29 is 13.6 Å². The van der Waals surface area contributed by atoms with Crippen LogP contribution in [-0.4, -0.2) is 23.6 Å². The Hall–Kier alpha value is -2.84. The number of carbonyl (C=O) groups excluding carboxylic acids is 1. The Kier molecular flexibility index (Phi) is 5.60. The van der Waals surface area contributed by atoms with Gasteiger partial charge in [0.15, 0.2) is 0 Å². The minimum Gasteiger partial charge on any atom is -0.366 e. The molecule has 1 aliphatic carbocycles. The van der Waals surface area contributed by atoms with E-state index in [1.807, 2.05) is 25.1 Å². The fraction of sp³-hybridized carbons (Fsp3) is 0.308. The highest BCUT2D eigenvalue weighted by Gasteiger charge is 2.40. The molecule has 3 aliphatic rings. The molecule has 0 radical (unpaired) electrons. The van der Waals surface area contributed by atoms with E-state index in [0.29, 0.717) is 44.0 Å². The molecule has 1 saturated carbocycles. The molecule has 9 heteroatoms. The quantitative estimate of drug-likeness (QED) is 0.416. The highest BCUT2D eigenvalue weighted by atomic mass is 35.5. The van der Waals surface area contributed by atoms with Gasteiger partial charge < -0.3 is 10.2 Å². The van der Waals surface area contributed by atoms with E-state index >= 15 is 0 Å². The summed E-state index contributed by atoms with van der Waals surface area (Å²) in [7, 11) is 0. The molecule has 5 nitrogen and oxygen atoms in total. The molecule has 1 aromatic heterocycles. The van der Waals surface area contributed by atoms with Gasteiger partial charge in [0, 0.05) is 23.5 Å². The van der Waals surface area contributed by atoms with Crippen molar-refractivity contribution in [3.05, 3.63) is 70.4 Å². The summed E-state index contributed by atoms with van der Waals surface area (Å²) in [5.41, 5.74) is 3.70. The maximum Gasteiger partial charge on any atom is 0.326 e. The minimum atomic E-state index is -0.620. The number of urea groups is 1. The average Bonchev–Trinajstić information content (AvgIpc) is 3.46. The largest absolute Gasteiger partial charge is 0.366 e. The average molecular weight is 513 g/mol. The van der Waals surface area contributed by atoms with Crippen LogP contribution in [0.25, 0.3) is 0 Å². The normalized spacial score (nSPS) is 20.9. The van der Waals surface area contributed by atoms with Crippen LogP contribution in [0.15, 0.2) is 52.4 Å². The van der Waals surface area contributed by atoms with Crippen LogP contribution in [-0.2, 0) is 6.54 Å². The van der Waals surface area contributed by atoms with Crippen molar-refractivity contribution in [3.63, 3.8) is 0 Å². The van der Waals surface area contributed by atoms with E-state index in [2.05, 4.69) is 10.2 Å². The van der Waals surface area contributed by atoms with Gasteiger partial charge in [0.1, 0.15) is 16.7 Å². The second-order valence-electron chi connectivity index (χ2n) is 9.34. The summed E-state index contributed by atoms with van der Waals surface area (Å²) in [5.74, 6) is -0.609. The zero-order valence-electron chi connectivity index (χ0n) is 19.0. The van der Waals surface area contributed by atoms with Crippen LogP contribution in [0, 0.1) is 24.5 Å². The Morgan fingerprint density at radius 2 is 2.00 bits per heavy atom. The topological polar surface area (TPSA) is 48.5 Å². The van der Waals surface area contributed by atoms with E-state index in [1.54, 1.807) is 11.0 Å². The highest BCUT2D eigenvalue weighted by molar-refractivity contribution is 7.99. The van der Waals surface area contributed by atoms with Crippen LogP contribution >= 0.6 is 23.4 Å². The number of fused-ring (bicyclic) bond motifs is 3. The molecule has 2 atom stereocenters. The third kappa shape index (κ3) is 3.93. The second kappa shape index (κ2) is 8.68. The molecule has 3 heterocycles. The lowest BCUT2D eigenvalue weighted by atomic mass is 10.1. The van der Waals surface area contributed by atoms with Gasteiger partial charge in [-0.3, -0.25) is 4.90 Å². The number of halogens is 3. The molecule has 2 aliphatic heterocycles. The van der Waals surface area contributed by atoms with Gasteiger partial charge in [-0.2, -0.15) is 0 Å². The van der Waals surface area contributed by atoms with Crippen molar-refractivity contribution in [1.29, 1.82) is 0 Å². The molecule has 2 unspecified atom stereocenters. The Labute approximate surface area is 211 Å². The summed E-state index contributed by atoms with van der Waals surface area (Å²) in [6, 6.07) is 11.2. The Balaban J connectivity index is 1.50. The molecule has 1 N–H and O–H groups in total. The van der Waals surface area contributed by atoms with Crippen LogP contribution < -0.4 is 15.1 Å². The Morgan fingerprint density at radius 3 is 2.71 bits per heavy atom. The van der Waals surface area contributed by atoms with E-state index < -0.39 is 11.6 Å². The van der Waals surface area contributed by atoms with Gasteiger partial charge in [-0.25, -0.2) is 18.6 Å². The number of para-hydroxylation sites is 1. The lowest BCUT2D eigenvalue weighted by Gasteiger charge is -2.35. The first kappa shape index (κ1) is 22.6. The molecule has 35 heavy (non-hydrogen) atoms. The number of anilines is 3. The smallest absolute Gasteiger partial charge is 0.326 e. The van der Waals surface area contributed by atoms with Crippen LogP contribution in [0.2, 0.25) is 5.02 Å². The molecule has 3 aromatic rings. The molecule has 2 amide bonds. The summed E-state index contributed by atoms with van der Waals surface area (Å²) in [5, 5.41) is 4.01. The molecule has 0 spiro atoms. The lowest BCUT2D eigenvalue weighted by molar-refractivity contribution is 0.246. The zero-order chi connectivity index (χ0) is 24.3. The second-order valence-corrected chi connectivity index (χ2v) is 10.8. The summed E-state index contributed by atoms with van der Waals surface area (Å²) >= 11 is 7.74. The standard InChI is InChI=1S/C26H23ClF2N4OS/c1-14-3-2-4-18(27)24(14)33-21-11-22(32-13-15-5-7-17(32)9-15)25(31-20(21)12-30-26(33)34)35-23-8-6-16(28)10-19(23)29/h2-4,6,8,10-11,15,17H,5,7,9,12-13H2,1H3,(H,30,34). The van der Waals surface area contributed by atoms with E-state index in [1.165, 1.54) is 30.3 Å². The third-order valence-corrected chi connectivity index (χ3v) is 8.46. The Bertz CT molecular complexity index is 1330. The number of piperidine rings is 1. The minimum absolute atomic E-state index is 0.250. The van der Waals surface area contributed by atoms with Crippen molar-refractivity contribution in [2.75, 3.05) is 16.3 Å². The molecule has 2 aromatic carbocycles. The van der Waals surface area contributed by atoms with Crippen molar-refractivity contribution in [2.45, 2.75) is 48.7 Å². The van der Waals surface area contributed by atoms with Gasteiger partial charge in [0.25, 0.3) is 0 Å². The molecule has 1 saturated heterocycles. The molecular formula is C26H23ClF2N4OS. The Morgan fingerprint density at radius 1 is 1.14 bits per heavy atom. The fourth-order valence-corrected chi connectivity index (χ4v) is 6.72. The van der Waals surface area contributed by atoms with Crippen LogP contribution in [0.1, 0.15) is 30.5 Å². The number of nitrogens with one attached hydrogen (secondary N) is 1. The van der Waals surface area contributed by atoms with E-state index in [0.717, 1.165) is 36.7 Å². The number of nitrogens with zero attached hydrogens (tertiary/aromatic N) is 3. The van der Waals surface area contributed by atoms with Crippen molar-refractivity contribution in [3.8, 4) is 0 Å². The summed E-state index contributed by atoms with van der Waals surface area (Å²) in [4.78, 5) is 22.3. The number of benzene rings is 2. The molecular weight excluding hydrogens is 490 g/mol. The van der Waals surface area contributed by atoms with Gasteiger partial charge in [-0.15, -0.1) is 0 Å². The monoisotopic (exact) mass is 512 g/mol. The number of amides is 2. The van der Waals surface area contributed by atoms with E-state index in [9.17, 15) is 13.6 Å². The van der Waals surface area contributed by atoms with Gasteiger partial charge >= 0.3 is 6.03 Å². The number of rotatable bonds is 4. The van der Waals surface area contributed by atoms with Crippen LogP contribution in [0.4, 0.5) is 30.6 Å². The van der Waals surface area contributed by atoms with E-state index in [-0.39, 0.29) is 12.6 Å². The number of hydrogen-bond acceptors (Lipinski definition) is 4. The first-order chi connectivity index (χ1) is 16.9. The zero-order valence-corrected chi connectivity index (χ0v) is 20.6. The van der Waals surface area contributed by atoms with Crippen LogP contribution in [0.3, 0.4) is 0 Å². The number of hydrogen-bond donors (Lipinski definition) is 1. The van der Waals surface area contributed by atoms with Crippen molar-refractivity contribution in [1.82, 2.24) is 10.3 Å². The summed E-state index contributed by atoms with van der Waals surface area (Å²) in [6.07, 6.45) is 3.44. The molecule has 6 rings (SSSR count). The number of aryl methyl sites for hydroxylation is 1. The SMILES string of the molecule is Cc1cccc(Cl)c1N1C(=O)NCc2nc(Sc3ccc(F)cc3F)c(N3CC4CCC3C4)cc21. The molecule has 2 fully saturated rings. The predicted molar refractivity (Wildman–Crippen MR) is 134 cm³/mol. The molecule has 2 bridgehead atoms. The lowest BCUT2D eigenvalue weighted by Crippen LogP contribution is -2.42. The van der Waals surface area contributed by atoms with Gasteiger partial charge in [-0.1, -0.05) is 35.5 Å². The number of carbonyl (C=O) groups is 1. The molecule has 180 valence electrons. The van der Waals surface area contributed by atoms with Crippen LogP contribution in [0.5, 0.6) is 0 Å². The summed E-state index contributed by atoms with van der Waals surface area (Å²) < 4.78 is 28.1. The number of aromatic nitrogens is 1. The van der Waals surface area contributed by atoms with Gasteiger partial charge in [0.2, 0.25) is 0 Å². The first-order valence-electron chi connectivity index (χ1n) is 11.7. The predicted octanol–water partition coefficient (Wildman–Crippen LogP) is 6.82. The maximum absolute atomic E-state index is 14.6. The summed E-state index contributed by atoms with van der Waals surface area (Å²) in [6.45, 7) is 3.07. The van der Waals surface area contributed by atoms with Gasteiger partial charge in [-0.05, 0) is 61.9 Å². The van der Waals surface area contributed by atoms with Crippen molar-refractivity contribution >= 4 is 46.5 Å². The fourth-order valence-electron chi connectivity index (χ4n) is 5.47. The first-order valence-corrected chi connectivity index (χ1v) is 12.8. The van der Waals surface area contributed by atoms with Gasteiger partial charge in [0.05, 0.1) is 34.3 Å². The third-order valence-electron chi connectivity index (χ3n) is 7.11. The van der Waals surface area contributed by atoms with Crippen molar-refractivity contribution in [2.24, 2.45) is 5.92 Å². The maximum atomic E-state index is 14.6. The van der Waals surface area contributed by atoms with E-state index in [4.69, 9.17) is 16.6 Å². The number of pyridine rings is 1.